The topological polar surface area (TPSA) is 30.5 Å². The fraction of sp³-hybridized carbons (Fsp3) is 0.143. The summed E-state index contributed by atoms with van der Waals surface area (Å²) in [5.41, 5.74) is 2.29. The van der Waals surface area contributed by atoms with Gasteiger partial charge in [0.25, 0.3) is 0 Å². The fourth-order valence-electron chi connectivity index (χ4n) is 2.55. The Hall–Kier alpha value is -2.35. The Morgan fingerprint density at radius 2 is 1.74 bits per heavy atom. The summed E-state index contributed by atoms with van der Waals surface area (Å²) < 4.78 is 38.9. The van der Waals surface area contributed by atoms with Gasteiger partial charge in [0, 0.05) is 17.8 Å². The van der Waals surface area contributed by atoms with Gasteiger partial charge in [-0.3, -0.25) is 0 Å². The highest BCUT2D eigenvalue weighted by Crippen LogP contribution is 2.35. The fourth-order valence-corrected chi connectivity index (χ4v) is 3.37. The van der Waals surface area contributed by atoms with Crippen molar-refractivity contribution in [2.45, 2.75) is 13.2 Å². The SMILES string of the molecule is COc1cc(CNc2ccc(F)cc2)cc(I)c1OCc1ccccc1F. The Labute approximate surface area is 170 Å². The Kier molecular flexibility index (Phi) is 6.49. The third-order valence-electron chi connectivity index (χ3n) is 3.96. The summed E-state index contributed by atoms with van der Waals surface area (Å²) in [5.74, 6) is 0.584. The maximum Gasteiger partial charge on any atom is 0.174 e. The van der Waals surface area contributed by atoms with E-state index in [0.717, 1.165) is 14.8 Å². The van der Waals surface area contributed by atoms with Crippen LogP contribution in [0.4, 0.5) is 14.5 Å². The van der Waals surface area contributed by atoms with E-state index in [1.165, 1.54) is 18.2 Å². The van der Waals surface area contributed by atoms with Gasteiger partial charge in [0.1, 0.15) is 18.2 Å². The quantitative estimate of drug-likeness (QED) is 0.435. The van der Waals surface area contributed by atoms with E-state index in [1.54, 1.807) is 37.4 Å². The molecule has 3 aromatic carbocycles. The highest BCUT2D eigenvalue weighted by atomic mass is 127. The van der Waals surface area contributed by atoms with Crippen LogP contribution in [0.25, 0.3) is 0 Å². The van der Waals surface area contributed by atoms with Crippen LogP contribution in [-0.4, -0.2) is 7.11 Å². The monoisotopic (exact) mass is 481 g/mol. The molecule has 0 aliphatic heterocycles. The third-order valence-corrected chi connectivity index (χ3v) is 4.76. The number of hydrogen-bond donors (Lipinski definition) is 1. The van der Waals surface area contributed by atoms with Gasteiger partial charge in [-0.2, -0.15) is 0 Å². The van der Waals surface area contributed by atoms with Crippen LogP contribution in [0.15, 0.2) is 60.7 Å². The molecule has 1 N–H and O–H groups in total. The summed E-state index contributed by atoms with van der Waals surface area (Å²) in [6.07, 6.45) is 0. The zero-order chi connectivity index (χ0) is 19.2. The lowest BCUT2D eigenvalue weighted by molar-refractivity contribution is 0.277. The van der Waals surface area contributed by atoms with Crippen molar-refractivity contribution in [3.05, 3.63) is 87.0 Å². The molecule has 0 unspecified atom stereocenters. The van der Waals surface area contributed by atoms with Gasteiger partial charge in [-0.15, -0.1) is 0 Å². The zero-order valence-electron chi connectivity index (χ0n) is 14.6. The third kappa shape index (κ3) is 5.09. The summed E-state index contributed by atoms with van der Waals surface area (Å²) in [6.45, 7) is 0.664. The lowest BCUT2D eigenvalue weighted by Crippen LogP contribution is -2.04. The van der Waals surface area contributed by atoms with E-state index >= 15 is 0 Å². The Bertz CT molecular complexity index is 917. The summed E-state index contributed by atoms with van der Waals surface area (Å²) >= 11 is 2.17. The molecule has 0 heterocycles. The average Bonchev–Trinajstić information content (AvgIpc) is 2.67. The van der Waals surface area contributed by atoms with Gasteiger partial charge in [-0.25, -0.2) is 8.78 Å². The number of halogens is 3. The van der Waals surface area contributed by atoms with Crippen LogP contribution in [0.1, 0.15) is 11.1 Å². The normalized spacial score (nSPS) is 10.5. The van der Waals surface area contributed by atoms with Crippen LogP contribution in [0.2, 0.25) is 0 Å². The van der Waals surface area contributed by atoms with E-state index in [-0.39, 0.29) is 18.2 Å². The second kappa shape index (κ2) is 9.03. The van der Waals surface area contributed by atoms with E-state index < -0.39 is 0 Å². The van der Waals surface area contributed by atoms with E-state index in [4.69, 9.17) is 9.47 Å². The molecule has 0 saturated heterocycles. The number of ether oxygens (including phenoxy) is 2. The first-order valence-electron chi connectivity index (χ1n) is 8.29. The second-order valence-corrected chi connectivity index (χ2v) is 7.01. The zero-order valence-corrected chi connectivity index (χ0v) is 16.8. The van der Waals surface area contributed by atoms with Crippen molar-refractivity contribution in [2.75, 3.05) is 12.4 Å². The van der Waals surface area contributed by atoms with Gasteiger partial charge in [0.05, 0.1) is 10.7 Å². The molecule has 140 valence electrons. The Morgan fingerprint density at radius 3 is 2.44 bits per heavy atom. The average molecular weight is 481 g/mol. The van der Waals surface area contributed by atoms with Gasteiger partial charge >= 0.3 is 0 Å². The molecule has 3 aromatic rings. The first-order valence-corrected chi connectivity index (χ1v) is 9.36. The molecule has 0 atom stereocenters. The lowest BCUT2D eigenvalue weighted by Gasteiger charge is -2.15. The molecule has 0 bridgehead atoms. The number of anilines is 1. The standard InChI is InChI=1S/C21H18F2INO2/c1-26-20-11-14(12-25-17-8-6-16(22)7-9-17)10-19(24)21(20)27-13-15-4-2-3-5-18(15)23/h2-11,25H,12-13H2,1H3. The molecule has 6 heteroatoms. The first kappa shape index (κ1) is 19.4. The Morgan fingerprint density at radius 1 is 1.00 bits per heavy atom. The van der Waals surface area contributed by atoms with Crippen molar-refractivity contribution in [1.29, 1.82) is 0 Å². The molecule has 3 rings (SSSR count). The molecule has 0 aliphatic rings. The van der Waals surface area contributed by atoms with Crippen LogP contribution < -0.4 is 14.8 Å². The van der Waals surface area contributed by atoms with E-state index in [1.807, 2.05) is 12.1 Å². The number of benzene rings is 3. The van der Waals surface area contributed by atoms with Crippen LogP contribution in [-0.2, 0) is 13.2 Å². The van der Waals surface area contributed by atoms with Crippen molar-refractivity contribution in [1.82, 2.24) is 0 Å². The van der Waals surface area contributed by atoms with Crippen molar-refractivity contribution >= 4 is 28.3 Å². The Balaban J connectivity index is 1.72. The van der Waals surface area contributed by atoms with E-state index in [0.29, 0.717) is 23.6 Å². The number of rotatable bonds is 7. The van der Waals surface area contributed by atoms with Crippen molar-refractivity contribution in [2.24, 2.45) is 0 Å². The molecule has 0 spiro atoms. The highest BCUT2D eigenvalue weighted by molar-refractivity contribution is 14.1. The first-order chi connectivity index (χ1) is 13.1. The van der Waals surface area contributed by atoms with Crippen molar-refractivity contribution in [3.63, 3.8) is 0 Å². The van der Waals surface area contributed by atoms with Crippen LogP contribution in [0.3, 0.4) is 0 Å². The van der Waals surface area contributed by atoms with Gasteiger partial charge in [0.2, 0.25) is 0 Å². The number of nitrogens with one attached hydrogen (secondary N) is 1. The van der Waals surface area contributed by atoms with E-state index in [9.17, 15) is 8.78 Å². The minimum absolute atomic E-state index is 0.117. The molecule has 0 amide bonds. The number of methoxy groups -OCH3 is 1. The largest absolute Gasteiger partial charge is 0.493 e. The van der Waals surface area contributed by atoms with E-state index in [2.05, 4.69) is 27.9 Å². The van der Waals surface area contributed by atoms with Crippen molar-refractivity contribution in [3.8, 4) is 11.5 Å². The molecule has 0 aromatic heterocycles. The molecular weight excluding hydrogens is 463 g/mol. The molecule has 0 fully saturated rings. The van der Waals surface area contributed by atoms with Crippen LogP contribution >= 0.6 is 22.6 Å². The van der Waals surface area contributed by atoms with Gasteiger partial charge in [-0.1, -0.05) is 18.2 Å². The van der Waals surface area contributed by atoms with Gasteiger partial charge in [-0.05, 0) is 70.6 Å². The summed E-state index contributed by atoms with van der Waals surface area (Å²) in [6, 6.07) is 16.5. The molecule has 0 aliphatic carbocycles. The van der Waals surface area contributed by atoms with Crippen LogP contribution in [0, 0.1) is 15.2 Å². The maximum absolute atomic E-state index is 13.8. The second-order valence-electron chi connectivity index (χ2n) is 5.85. The van der Waals surface area contributed by atoms with Gasteiger partial charge in [0.15, 0.2) is 11.5 Å². The summed E-state index contributed by atoms with van der Waals surface area (Å²) in [7, 11) is 1.57. The maximum atomic E-state index is 13.8. The molecule has 27 heavy (non-hydrogen) atoms. The smallest absolute Gasteiger partial charge is 0.174 e. The number of hydrogen-bond acceptors (Lipinski definition) is 3. The summed E-state index contributed by atoms with van der Waals surface area (Å²) in [5, 5.41) is 3.24. The highest BCUT2D eigenvalue weighted by Gasteiger charge is 2.13. The predicted octanol–water partition coefficient (Wildman–Crippen LogP) is 5.77. The molecule has 0 radical (unpaired) electrons. The minimum Gasteiger partial charge on any atom is -0.493 e. The molecule has 0 saturated carbocycles. The minimum atomic E-state index is -0.299. The van der Waals surface area contributed by atoms with Crippen molar-refractivity contribution < 1.29 is 18.3 Å². The predicted molar refractivity (Wildman–Crippen MR) is 110 cm³/mol. The molecule has 3 nitrogen and oxygen atoms in total. The van der Waals surface area contributed by atoms with Crippen LogP contribution in [0.5, 0.6) is 11.5 Å². The summed E-state index contributed by atoms with van der Waals surface area (Å²) in [4.78, 5) is 0. The van der Waals surface area contributed by atoms with Gasteiger partial charge < -0.3 is 14.8 Å². The molecular formula is C21H18F2INO2. The lowest BCUT2D eigenvalue weighted by atomic mass is 10.2.